The minimum Gasteiger partial charge on any atom is -0.494 e. The largest absolute Gasteiger partial charge is 0.494 e. The van der Waals surface area contributed by atoms with E-state index in [1.54, 1.807) is 0 Å². The summed E-state index contributed by atoms with van der Waals surface area (Å²) in [5.41, 5.74) is 5.06. The van der Waals surface area contributed by atoms with Gasteiger partial charge < -0.3 is 29.2 Å². The van der Waals surface area contributed by atoms with Crippen LogP contribution in [0.5, 0.6) is 23.0 Å². The van der Waals surface area contributed by atoms with Gasteiger partial charge in [0.1, 0.15) is 34.2 Å². The van der Waals surface area contributed by atoms with Crippen LogP contribution in [0.3, 0.4) is 0 Å². The van der Waals surface area contributed by atoms with E-state index in [0.717, 1.165) is 119 Å². The molecule has 0 saturated heterocycles. The number of ether oxygens (including phenoxy) is 4. The lowest BCUT2D eigenvalue weighted by atomic mass is 9.80. The lowest BCUT2D eigenvalue weighted by molar-refractivity contribution is 0.125. The lowest BCUT2D eigenvalue weighted by Crippen LogP contribution is -2.29. The number of hydrogen-bond acceptors (Lipinski definition) is 6. The summed E-state index contributed by atoms with van der Waals surface area (Å²) in [6, 6.07) is 28.4. The Kier molecular flexibility index (Phi) is 21.9. The van der Waals surface area contributed by atoms with E-state index in [9.17, 15) is 10.2 Å². The molecule has 2 aliphatic carbocycles. The lowest BCUT2D eigenvalue weighted by Gasteiger charge is -2.32. The summed E-state index contributed by atoms with van der Waals surface area (Å²) in [6.07, 6.45) is 28.7. The second kappa shape index (κ2) is 28.2. The van der Waals surface area contributed by atoms with Crippen LogP contribution >= 0.6 is 31.9 Å². The normalized spacial score (nSPS) is 13.7. The fourth-order valence-corrected chi connectivity index (χ4v) is 12.1. The molecule has 0 atom stereocenters. The summed E-state index contributed by atoms with van der Waals surface area (Å²) < 4.78 is 26.9. The van der Waals surface area contributed by atoms with Crippen LogP contribution < -0.4 is 18.9 Å². The number of hydrogen-bond donors (Lipinski definition) is 2. The van der Waals surface area contributed by atoms with Crippen LogP contribution in [0.25, 0.3) is 22.3 Å². The van der Waals surface area contributed by atoms with Crippen molar-refractivity contribution in [3.63, 3.8) is 0 Å². The minimum absolute atomic E-state index is 0.652. The van der Waals surface area contributed by atoms with Gasteiger partial charge in [-0.3, -0.25) is 0 Å². The van der Waals surface area contributed by atoms with E-state index in [-0.39, 0.29) is 0 Å². The van der Waals surface area contributed by atoms with Crippen LogP contribution in [0.2, 0.25) is 0 Å². The quantitative estimate of drug-likeness (QED) is 0.0400. The fraction of sp³-hybridized carbons (Fsp3) is 0.531. The van der Waals surface area contributed by atoms with E-state index in [2.05, 4.69) is 83.8 Å². The highest BCUT2D eigenvalue weighted by Gasteiger charge is 2.48. The first-order valence-corrected chi connectivity index (χ1v) is 29.8. The molecule has 0 unspecified atom stereocenters. The van der Waals surface area contributed by atoms with Crippen LogP contribution in [0.4, 0.5) is 0 Å². The number of rotatable bonds is 34. The Balaban J connectivity index is 1.20. The Morgan fingerprint density at radius 1 is 0.306 bits per heavy atom. The SMILES string of the molecule is CCCCCCCCOc1ccc2c(c1)-c1cc(OCCCCCCCC)ccc1C2(O)c1cc(Br)c(C2(O)c3ccc(OCCCCCCCC)cc3-c3cc(OCCCCCCCC)ccc32)cc1Br. The summed E-state index contributed by atoms with van der Waals surface area (Å²) in [4.78, 5) is 0. The molecule has 0 bridgehead atoms. The summed E-state index contributed by atoms with van der Waals surface area (Å²) in [7, 11) is 0. The summed E-state index contributed by atoms with van der Waals surface area (Å²) in [6.45, 7) is 11.6. The fourth-order valence-electron chi connectivity index (χ4n) is 10.9. The van der Waals surface area contributed by atoms with Crippen LogP contribution in [0.1, 0.15) is 215 Å². The molecule has 2 aliphatic rings. The highest BCUT2D eigenvalue weighted by atomic mass is 79.9. The number of halogens is 2. The van der Waals surface area contributed by atoms with Crippen molar-refractivity contribution in [1.29, 1.82) is 0 Å². The molecular formula is C64H84Br2O6. The maximum Gasteiger partial charge on any atom is 0.142 e. The monoisotopic (exact) mass is 1110 g/mol. The molecule has 0 saturated carbocycles. The molecule has 5 aromatic carbocycles. The molecule has 5 aromatic rings. The molecular weight excluding hydrogens is 1020 g/mol. The Morgan fingerprint density at radius 2 is 0.528 bits per heavy atom. The Hall–Kier alpha value is -3.82. The van der Waals surface area contributed by atoms with Crippen molar-refractivity contribution in [2.24, 2.45) is 0 Å². The van der Waals surface area contributed by atoms with E-state index >= 15 is 0 Å². The van der Waals surface area contributed by atoms with Crippen molar-refractivity contribution in [3.8, 4) is 45.3 Å². The van der Waals surface area contributed by atoms with Crippen molar-refractivity contribution in [2.45, 2.75) is 193 Å². The second-order valence-corrected chi connectivity index (χ2v) is 22.2. The zero-order valence-electron chi connectivity index (χ0n) is 44.2. The molecule has 2 N–H and O–H groups in total. The molecule has 7 rings (SSSR count). The highest BCUT2D eigenvalue weighted by molar-refractivity contribution is 9.11. The van der Waals surface area contributed by atoms with E-state index < -0.39 is 11.2 Å². The van der Waals surface area contributed by atoms with Gasteiger partial charge in [-0.15, -0.1) is 0 Å². The predicted octanol–water partition coefficient (Wildman–Crippen LogP) is 18.7. The third kappa shape index (κ3) is 13.5. The van der Waals surface area contributed by atoms with Gasteiger partial charge in [-0.2, -0.15) is 0 Å². The van der Waals surface area contributed by atoms with E-state index in [1.165, 1.54) is 103 Å². The zero-order valence-corrected chi connectivity index (χ0v) is 47.3. The van der Waals surface area contributed by atoms with Gasteiger partial charge in [-0.1, -0.05) is 212 Å². The third-order valence-electron chi connectivity index (χ3n) is 15.0. The number of unbranched alkanes of at least 4 members (excludes halogenated alkanes) is 20. The second-order valence-electron chi connectivity index (χ2n) is 20.5. The third-order valence-corrected chi connectivity index (χ3v) is 16.3. The first kappa shape index (κ1) is 55.9. The predicted molar refractivity (Wildman–Crippen MR) is 305 cm³/mol. The van der Waals surface area contributed by atoms with Gasteiger partial charge in [-0.05, 0) is 109 Å². The molecule has 0 aliphatic heterocycles. The van der Waals surface area contributed by atoms with Gasteiger partial charge in [0.25, 0.3) is 0 Å². The molecule has 0 aromatic heterocycles. The van der Waals surface area contributed by atoms with Gasteiger partial charge in [0, 0.05) is 42.3 Å². The molecule has 6 nitrogen and oxygen atoms in total. The Morgan fingerprint density at radius 3 is 0.764 bits per heavy atom. The first-order valence-electron chi connectivity index (χ1n) is 28.2. The number of fused-ring (bicyclic) bond motifs is 6. The van der Waals surface area contributed by atoms with Crippen molar-refractivity contribution in [2.75, 3.05) is 26.4 Å². The van der Waals surface area contributed by atoms with Crippen molar-refractivity contribution in [1.82, 2.24) is 0 Å². The molecule has 0 radical (unpaired) electrons. The van der Waals surface area contributed by atoms with Gasteiger partial charge in [0.05, 0.1) is 26.4 Å². The number of aliphatic hydroxyl groups is 2. The molecule has 0 amide bonds. The first-order chi connectivity index (χ1) is 35.2. The van der Waals surface area contributed by atoms with Crippen LogP contribution in [0.15, 0.2) is 93.9 Å². The standard InChI is InChI=1S/C64H84Br2O6/c1-5-9-13-17-21-25-37-69-47-29-33-55-51(41-47)52-42-48(70-38-26-22-18-14-10-6-2)30-34-56(52)63(55,67)59-45-62(66)60(46-61(59)65)64(68)57-35-31-49(71-39-27-23-19-15-11-7-3)43-53(57)54-44-50(32-36-58(54)64)72-40-28-24-20-16-12-8-4/h29-36,41-46,67-68H,5-28,37-40H2,1-4H3. The average molecular weight is 1110 g/mol. The summed E-state index contributed by atoms with van der Waals surface area (Å²) in [5, 5.41) is 26.9. The maximum absolute atomic E-state index is 13.4. The van der Waals surface area contributed by atoms with Crippen LogP contribution in [-0.2, 0) is 11.2 Å². The van der Waals surface area contributed by atoms with Gasteiger partial charge in [0.15, 0.2) is 0 Å². The van der Waals surface area contributed by atoms with Crippen molar-refractivity contribution >= 4 is 31.9 Å². The zero-order chi connectivity index (χ0) is 50.8. The molecule has 0 spiro atoms. The molecule has 72 heavy (non-hydrogen) atoms. The van der Waals surface area contributed by atoms with Gasteiger partial charge in [-0.25, -0.2) is 0 Å². The topological polar surface area (TPSA) is 77.4 Å². The molecule has 8 heteroatoms. The summed E-state index contributed by atoms with van der Waals surface area (Å²) >= 11 is 7.98. The molecule has 0 heterocycles. The van der Waals surface area contributed by atoms with Crippen LogP contribution in [-0.4, -0.2) is 36.6 Å². The average Bonchev–Trinajstić information content (AvgIpc) is 3.79. The smallest absolute Gasteiger partial charge is 0.142 e. The van der Waals surface area contributed by atoms with Gasteiger partial charge >= 0.3 is 0 Å². The Labute approximate surface area is 450 Å². The van der Waals surface area contributed by atoms with Crippen molar-refractivity contribution < 1.29 is 29.2 Å². The van der Waals surface area contributed by atoms with E-state index in [1.807, 2.05) is 60.7 Å². The Bertz CT molecular complexity index is 2170. The van der Waals surface area contributed by atoms with Gasteiger partial charge in [0.2, 0.25) is 0 Å². The minimum atomic E-state index is -1.53. The van der Waals surface area contributed by atoms with E-state index in [0.29, 0.717) is 46.5 Å². The summed E-state index contributed by atoms with van der Waals surface area (Å²) in [5.74, 6) is 3.16. The molecule has 390 valence electrons. The van der Waals surface area contributed by atoms with E-state index in [4.69, 9.17) is 18.9 Å². The maximum atomic E-state index is 13.4. The highest BCUT2D eigenvalue weighted by Crippen LogP contribution is 2.58. The number of benzene rings is 5. The van der Waals surface area contributed by atoms with Crippen LogP contribution in [0, 0.1) is 0 Å². The van der Waals surface area contributed by atoms with Crippen molar-refractivity contribution in [3.05, 3.63) is 127 Å². The molecule has 0 fully saturated rings.